The fraction of sp³-hybridized carbons (Fsp3) is 0.500. The molecule has 28 heavy (non-hydrogen) atoms. The summed E-state index contributed by atoms with van der Waals surface area (Å²) in [5, 5.41) is 9.67. The van der Waals surface area contributed by atoms with Gasteiger partial charge >= 0.3 is 0 Å². The highest BCUT2D eigenvalue weighted by molar-refractivity contribution is 6.03. The van der Waals surface area contributed by atoms with Crippen LogP contribution in [0.4, 0.5) is 11.4 Å². The zero-order valence-corrected chi connectivity index (χ0v) is 16.9. The van der Waals surface area contributed by atoms with Crippen LogP contribution < -0.4 is 9.80 Å². The van der Waals surface area contributed by atoms with Crippen molar-refractivity contribution in [2.24, 2.45) is 5.92 Å². The number of carbonyl (C=O) groups is 2. The van der Waals surface area contributed by atoms with E-state index in [0.29, 0.717) is 11.7 Å². The predicted octanol–water partition coefficient (Wildman–Crippen LogP) is 3.31. The third-order valence-electron chi connectivity index (χ3n) is 5.79. The van der Waals surface area contributed by atoms with Gasteiger partial charge in [-0.15, -0.1) is 0 Å². The van der Waals surface area contributed by atoms with Gasteiger partial charge in [0, 0.05) is 40.0 Å². The van der Waals surface area contributed by atoms with E-state index in [1.807, 2.05) is 53.1 Å². The number of rotatable bonds is 4. The lowest BCUT2D eigenvalue weighted by atomic mass is 10.0. The Bertz CT molecular complexity index is 808. The molecule has 148 valence electrons. The van der Waals surface area contributed by atoms with Gasteiger partial charge in [0.05, 0.1) is 11.4 Å². The zero-order chi connectivity index (χ0) is 20.3. The molecule has 0 radical (unpaired) electrons. The first kappa shape index (κ1) is 19.9. The van der Waals surface area contributed by atoms with Crippen LogP contribution in [-0.2, 0) is 9.59 Å². The number of fused-ring (bicyclic) bond motifs is 1. The summed E-state index contributed by atoms with van der Waals surface area (Å²) in [5.74, 6) is 0.955. The van der Waals surface area contributed by atoms with E-state index >= 15 is 0 Å². The van der Waals surface area contributed by atoms with E-state index in [2.05, 4.69) is 13.0 Å². The van der Waals surface area contributed by atoms with Gasteiger partial charge in [-0.05, 0) is 37.3 Å². The third kappa shape index (κ3) is 3.89. The van der Waals surface area contributed by atoms with Crippen LogP contribution in [0.1, 0.15) is 39.0 Å². The van der Waals surface area contributed by atoms with Crippen LogP contribution in [0.5, 0.6) is 0 Å². The smallest absolute Gasteiger partial charge is 0.223 e. The van der Waals surface area contributed by atoms with Gasteiger partial charge in [-0.1, -0.05) is 19.1 Å². The van der Waals surface area contributed by atoms with Gasteiger partial charge in [-0.3, -0.25) is 9.59 Å². The summed E-state index contributed by atoms with van der Waals surface area (Å²) in [6.07, 6.45) is 3.40. The monoisotopic (exact) mass is 380 g/mol. The van der Waals surface area contributed by atoms with Crippen LogP contribution in [-0.4, -0.2) is 43.8 Å². The molecule has 6 heteroatoms. The minimum Gasteiger partial charge on any atom is -0.343 e. The normalized spacial score (nSPS) is 19.1. The van der Waals surface area contributed by atoms with Crippen LogP contribution in [0, 0.1) is 17.2 Å². The van der Waals surface area contributed by atoms with E-state index in [9.17, 15) is 14.9 Å². The number of hydrogen-bond donors (Lipinski definition) is 0. The lowest BCUT2D eigenvalue weighted by Crippen LogP contribution is -2.32. The lowest BCUT2D eigenvalue weighted by molar-refractivity contribution is -0.132. The molecule has 1 fully saturated rings. The number of para-hydroxylation sites is 2. The van der Waals surface area contributed by atoms with Crippen LogP contribution in [0.25, 0.3) is 0 Å². The molecule has 0 N–H and O–H groups in total. The second kappa shape index (κ2) is 8.47. The zero-order valence-electron chi connectivity index (χ0n) is 16.9. The summed E-state index contributed by atoms with van der Waals surface area (Å²) < 4.78 is 0. The van der Waals surface area contributed by atoms with Crippen LogP contribution >= 0.6 is 0 Å². The number of Topliss-reactive ketones (excluding diaryl/α,β-unsaturated/α-hetero) is 1. The second-order valence-corrected chi connectivity index (χ2v) is 7.76. The summed E-state index contributed by atoms with van der Waals surface area (Å²) in [6, 6.07) is 9.86. The van der Waals surface area contributed by atoms with Crippen LogP contribution in [0.15, 0.2) is 35.7 Å². The molecule has 1 saturated heterocycles. The van der Waals surface area contributed by atoms with Crippen molar-refractivity contribution in [3.8, 4) is 6.07 Å². The van der Waals surface area contributed by atoms with Crippen LogP contribution in [0.3, 0.4) is 0 Å². The molecule has 0 aliphatic carbocycles. The Balaban J connectivity index is 1.70. The van der Waals surface area contributed by atoms with Gasteiger partial charge in [0.25, 0.3) is 0 Å². The molecule has 0 saturated carbocycles. The fourth-order valence-corrected chi connectivity index (χ4v) is 4.07. The molecule has 1 unspecified atom stereocenters. The average molecular weight is 380 g/mol. The first-order valence-electron chi connectivity index (χ1n) is 9.96. The van der Waals surface area contributed by atoms with Crippen molar-refractivity contribution < 1.29 is 9.59 Å². The van der Waals surface area contributed by atoms with Crippen molar-refractivity contribution in [2.45, 2.75) is 39.0 Å². The van der Waals surface area contributed by atoms with Crippen molar-refractivity contribution in [1.29, 1.82) is 5.26 Å². The maximum absolute atomic E-state index is 12.8. The Labute approximate surface area is 167 Å². The number of hydrogen-bond acceptors (Lipinski definition) is 5. The van der Waals surface area contributed by atoms with Crippen molar-refractivity contribution in [1.82, 2.24) is 4.90 Å². The minimum absolute atomic E-state index is 0.0150. The number of anilines is 2. The summed E-state index contributed by atoms with van der Waals surface area (Å²) in [4.78, 5) is 31.0. The lowest BCUT2D eigenvalue weighted by Gasteiger charge is -2.21. The molecule has 0 bridgehead atoms. The SMILES string of the molecule is CC1CCCN(C(=O)CCC(=O)C(C#N)=C2N(C)c3ccccc3N2C)CC1. The number of ketones is 1. The molecule has 1 aromatic carbocycles. The van der Waals surface area contributed by atoms with Crippen molar-refractivity contribution >= 4 is 23.1 Å². The maximum atomic E-state index is 12.8. The number of carbonyl (C=O) groups excluding carboxylic acids is 2. The van der Waals surface area contributed by atoms with E-state index in [0.717, 1.165) is 43.7 Å². The number of nitrogens with zero attached hydrogens (tertiary/aromatic N) is 4. The molecule has 3 rings (SSSR count). The molecular formula is C22H28N4O2. The first-order chi connectivity index (χ1) is 13.4. The molecule has 2 heterocycles. The molecule has 1 atom stereocenters. The molecule has 2 aliphatic rings. The predicted molar refractivity (Wildman–Crippen MR) is 110 cm³/mol. The Hall–Kier alpha value is -2.81. The van der Waals surface area contributed by atoms with Crippen molar-refractivity contribution in [2.75, 3.05) is 37.0 Å². The van der Waals surface area contributed by atoms with Gasteiger partial charge in [-0.2, -0.15) is 5.26 Å². The number of benzene rings is 1. The molecule has 1 aromatic rings. The van der Waals surface area contributed by atoms with Gasteiger partial charge in [0.15, 0.2) is 5.78 Å². The minimum atomic E-state index is -0.277. The Morgan fingerprint density at radius 3 is 2.32 bits per heavy atom. The summed E-state index contributed by atoms with van der Waals surface area (Å²) in [7, 11) is 3.71. The van der Waals surface area contributed by atoms with E-state index in [1.165, 1.54) is 0 Å². The Kier molecular flexibility index (Phi) is 6.03. The van der Waals surface area contributed by atoms with E-state index < -0.39 is 0 Å². The van der Waals surface area contributed by atoms with Gasteiger partial charge < -0.3 is 14.7 Å². The average Bonchev–Trinajstić information content (AvgIpc) is 2.84. The third-order valence-corrected chi connectivity index (χ3v) is 5.79. The van der Waals surface area contributed by atoms with Crippen molar-refractivity contribution in [3.63, 3.8) is 0 Å². The maximum Gasteiger partial charge on any atom is 0.223 e. The molecule has 0 aromatic heterocycles. The summed E-state index contributed by atoms with van der Waals surface area (Å²) in [6.45, 7) is 3.75. The number of nitriles is 1. The Morgan fingerprint density at radius 2 is 1.71 bits per heavy atom. The standard InChI is InChI=1S/C22H28N4O2/c1-16-7-6-13-26(14-12-16)21(28)11-10-20(27)17(15-23)22-24(2)18-8-4-5-9-19(18)25(22)3/h4-5,8-9,16H,6-7,10-14H2,1-3H3. The molecular weight excluding hydrogens is 352 g/mol. The van der Waals surface area contributed by atoms with E-state index in [1.54, 1.807) is 0 Å². The highest BCUT2D eigenvalue weighted by Gasteiger charge is 2.31. The second-order valence-electron chi connectivity index (χ2n) is 7.76. The largest absolute Gasteiger partial charge is 0.343 e. The highest BCUT2D eigenvalue weighted by atomic mass is 16.2. The van der Waals surface area contributed by atoms with Gasteiger partial charge in [0.2, 0.25) is 5.91 Å². The highest BCUT2D eigenvalue weighted by Crippen LogP contribution is 2.40. The van der Waals surface area contributed by atoms with Gasteiger partial charge in [-0.25, -0.2) is 0 Å². The topological polar surface area (TPSA) is 67.6 Å². The quantitative estimate of drug-likeness (QED) is 0.592. The molecule has 1 amide bonds. The van der Waals surface area contributed by atoms with E-state index in [-0.39, 0.29) is 30.1 Å². The van der Waals surface area contributed by atoms with E-state index in [4.69, 9.17) is 0 Å². The molecule has 0 spiro atoms. The summed E-state index contributed by atoms with van der Waals surface area (Å²) >= 11 is 0. The number of allylic oxidation sites excluding steroid dienone is 1. The number of amides is 1. The molecule has 2 aliphatic heterocycles. The fourth-order valence-electron chi connectivity index (χ4n) is 4.07. The molecule has 6 nitrogen and oxygen atoms in total. The Morgan fingerprint density at radius 1 is 1.07 bits per heavy atom. The van der Waals surface area contributed by atoms with Crippen LogP contribution in [0.2, 0.25) is 0 Å². The van der Waals surface area contributed by atoms with Gasteiger partial charge in [0.1, 0.15) is 17.5 Å². The number of likely N-dealkylation sites (tertiary alicyclic amines) is 1. The summed E-state index contributed by atoms with van der Waals surface area (Å²) in [5.41, 5.74) is 2.02. The van der Waals surface area contributed by atoms with Crippen molar-refractivity contribution in [3.05, 3.63) is 35.7 Å². The first-order valence-corrected chi connectivity index (χ1v) is 9.96.